The third-order valence-electron chi connectivity index (χ3n) is 3.99. The normalized spacial score (nSPS) is 11.0. The number of benzene rings is 1. The second-order valence-corrected chi connectivity index (χ2v) is 6.75. The van der Waals surface area contributed by atoms with Crippen LogP contribution in [0.3, 0.4) is 0 Å². The number of rotatable bonds is 5. The van der Waals surface area contributed by atoms with Gasteiger partial charge in [0.15, 0.2) is 0 Å². The highest BCUT2D eigenvalue weighted by Crippen LogP contribution is 2.23. The second-order valence-electron chi connectivity index (χ2n) is 5.80. The molecule has 1 aromatic carbocycles. The molecule has 0 atom stereocenters. The van der Waals surface area contributed by atoms with Crippen LogP contribution in [0.4, 0.5) is 4.39 Å². The van der Waals surface area contributed by atoms with Crippen LogP contribution in [0, 0.1) is 5.82 Å². The molecule has 9 heteroatoms. The van der Waals surface area contributed by atoms with E-state index in [1.54, 1.807) is 24.3 Å². The number of carbonyl (C=O) groups is 1. The van der Waals surface area contributed by atoms with Crippen molar-refractivity contribution in [3.05, 3.63) is 75.9 Å². The van der Waals surface area contributed by atoms with Crippen molar-refractivity contribution in [2.45, 2.75) is 13.1 Å². The van der Waals surface area contributed by atoms with Crippen LogP contribution in [0.2, 0.25) is 0 Å². The standard InChI is InChI=1S/C18H14FN5O2S/c19-13-5-2-1-4-12(13)9-20-17(25)10-23-18(26)15-8-14(16-6-3-7-27-16)22-24(15)11-21-23/h1-8,11H,9-10H2,(H,20,25). The molecule has 4 rings (SSSR count). The van der Waals surface area contributed by atoms with Gasteiger partial charge >= 0.3 is 0 Å². The SMILES string of the molecule is O=C(Cn1ncn2nc(-c3cccs3)cc2c1=O)NCc1ccccc1F. The summed E-state index contributed by atoms with van der Waals surface area (Å²) in [6, 6.07) is 11.7. The number of amides is 1. The summed E-state index contributed by atoms with van der Waals surface area (Å²) in [5.74, 6) is -0.829. The van der Waals surface area contributed by atoms with Crippen molar-refractivity contribution in [1.29, 1.82) is 0 Å². The van der Waals surface area contributed by atoms with Crippen LogP contribution in [0.5, 0.6) is 0 Å². The zero-order chi connectivity index (χ0) is 18.8. The monoisotopic (exact) mass is 383 g/mol. The minimum absolute atomic E-state index is 0.0394. The maximum absolute atomic E-state index is 13.6. The molecule has 27 heavy (non-hydrogen) atoms. The Morgan fingerprint density at radius 2 is 2.07 bits per heavy atom. The summed E-state index contributed by atoms with van der Waals surface area (Å²) >= 11 is 1.52. The van der Waals surface area contributed by atoms with Gasteiger partial charge in [-0.1, -0.05) is 24.3 Å². The highest BCUT2D eigenvalue weighted by atomic mass is 32.1. The Bertz CT molecular complexity index is 1170. The van der Waals surface area contributed by atoms with Gasteiger partial charge in [-0.3, -0.25) is 9.59 Å². The fraction of sp³-hybridized carbons (Fsp3) is 0.111. The average Bonchev–Trinajstić information content (AvgIpc) is 3.33. The number of halogens is 1. The van der Waals surface area contributed by atoms with E-state index in [9.17, 15) is 14.0 Å². The summed E-state index contributed by atoms with van der Waals surface area (Å²) in [6.45, 7) is -0.221. The molecule has 0 aliphatic carbocycles. The molecule has 1 amide bonds. The number of nitrogens with zero attached hydrogens (tertiary/aromatic N) is 4. The Balaban J connectivity index is 1.52. The lowest BCUT2D eigenvalue weighted by Crippen LogP contribution is -2.34. The lowest BCUT2D eigenvalue weighted by molar-refractivity contribution is -0.122. The number of hydrogen-bond acceptors (Lipinski definition) is 5. The Morgan fingerprint density at radius 1 is 1.22 bits per heavy atom. The van der Waals surface area contributed by atoms with Gasteiger partial charge in [0, 0.05) is 12.1 Å². The van der Waals surface area contributed by atoms with Crippen molar-refractivity contribution in [2.24, 2.45) is 0 Å². The van der Waals surface area contributed by atoms with E-state index < -0.39 is 17.3 Å². The summed E-state index contributed by atoms with van der Waals surface area (Å²) in [6.07, 6.45) is 1.39. The molecular weight excluding hydrogens is 369 g/mol. The van der Waals surface area contributed by atoms with Crippen molar-refractivity contribution in [3.63, 3.8) is 0 Å². The molecule has 0 unspecified atom stereocenters. The molecule has 0 bridgehead atoms. The molecule has 0 saturated carbocycles. The minimum atomic E-state index is -0.435. The van der Waals surface area contributed by atoms with Gasteiger partial charge in [-0.15, -0.1) is 11.3 Å². The van der Waals surface area contributed by atoms with Gasteiger partial charge in [0.1, 0.15) is 29.9 Å². The minimum Gasteiger partial charge on any atom is -0.350 e. The summed E-state index contributed by atoms with van der Waals surface area (Å²) in [5.41, 5.74) is 0.952. The van der Waals surface area contributed by atoms with Gasteiger partial charge < -0.3 is 5.32 Å². The van der Waals surface area contributed by atoms with E-state index in [1.807, 2.05) is 17.5 Å². The van der Waals surface area contributed by atoms with Gasteiger partial charge in [0.2, 0.25) is 5.91 Å². The number of hydrogen-bond donors (Lipinski definition) is 1. The average molecular weight is 383 g/mol. The Kier molecular flexibility index (Phi) is 4.51. The van der Waals surface area contributed by atoms with Crippen molar-refractivity contribution in [2.75, 3.05) is 0 Å². The molecule has 1 N–H and O–H groups in total. The predicted octanol–water partition coefficient (Wildman–Crippen LogP) is 2.08. The zero-order valence-corrected chi connectivity index (χ0v) is 14.8. The molecule has 3 heterocycles. The van der Waals surface area contributed by atoms with Gasteiger partial charge in [-0.25, -0.2) is 13.6 Å². The highest BCUT2D eigenvalue weighted by Gasteiger charge is 2.13. The maximum atomic E-state index is 13.6. The Labute approximate surface area is 156 Å². The van der Waals surface area contributed by atoms with Crippen LogP contribution in [0.15, 0.2) is 59.0 Å². The molecule has 4 aromatic rings. The van der Waals surface area contributed by atoms with Gasteiger partial charge in [0.25, 0.3) is 5.56 Å². The number of fused-ring (bicyclic) bond motifs is 1. The van der Waals surface area contributed by atoms with Crippen LogP contribution in [-0.2, 0) is 17.9 Å². The summed E-state index contributed by atoms with van der Waals surface area (Å²) in [7, 11) is 0. The van der Waals surface area contributed by atoms with E-state index in [0.717, 1.165) is 9.56 Å². The fourth-order valence-corrected chi connectivity index (χ4v) is 3.30. The first-order chi connectivity index (χ1) is 13.1. The van der Waals surface area contributed by atoms with Crippen molar-refractivity contribution in [1.82, 2.24) is 24.7 Å². The van der Waals surface area contributed by atoms with Crippen LogP contribution in [0.1, 0.15) is 5.56 Å². The third-order valence-corrected chi connectivity index (χ3v) is 4.88. The molecule has 3 aromatic heterocycles. The highest BCUT2D eigenvalue weighted by molar-refractivity contribution is 7.13. The summed E-state index contributed by atoms with van der Waals surface area (Å²) < 4.78 is 16.1. The van der Waals surface area contributed by atoms with Crippen LogP contribution in [0.25, 0.3) is 16.1 Å². The Morgan fingerprint density at radius 3 is 2.85 bits per heavy atom. The van der Waals surface area contributed by atoms with Gasteiger partial charge in [0.05, 0.1) is 4.88 Å². The van der Waals surface area contributed by atoms with E-state index in [4.69, 9.17) is 0 Å². The van der Waals surface area contributed by atoms with Crippen LogP contribution in [-0.4, -0.2) is 25.3 Å². The smallest absolute Gasteiger partial charge is 0.293 e. The first-order valence-electron chi connectivity index (χ1n) is 8.11. The third kappa shape index (κ3) is 3.49. The molecule has 7 nitrogen and oxygen atoms in total. The van der Waals surface area contributed by atoms with E-state index in [2.05, 4.69) is 15.5 Å². The fourth-order valence-electron chi connectivity index (χ4n) is 2.62. The molecule has 0 aliphatic rings. The quantitative estimate of drug-likeness (QED) is 0.572. The maximum Gasteiger partial charge on any atom is 0.293 e. The van der Waals surface area contributed by atoms with E-state index in [1.165, 1.54) is 28.2 Å². The molecule has 0 aliphatic heterocycles. The van der Waals surface area contributed by atoms with E-state index in [0.29, 0.717) is 16.8 Å². The molecule has 0 radical (unpaired) electrons. The van der Waals surface area contributed by atoms with E-state index in [-0.39, 0.29) is 13.1 Å². The molecular formula is C18H14FN5O2S. The first kappa shape index (κ1) is 17.1. The second kappa shape index (κ2) is 7.12. The van der Waals surface area contributed by atoms with Crippen molar-refractivity contribution < 1.29 is 9.18 Å². The van der Waals surface area contributed by atoms with Gasteiger partial charge in [-0.05, 0) is 23.6 Å². The molecule has 0 saturated heterocycles. The first-order valence-corrected chi connectivity index (χ1v) is 8.99. The largest absolute Gasteiger partial charge is 0.350 e. The Hall–Kier alpha value is -3.33. The van der Waals surface area contributed by atoms with Crippen LogP contribution < -0.4 is 10.9 Å². The number of nitrogens with one attached hydrogen (secondary N) is 1. The molecule has 136 valence electrons. The van der Waals surface area contributed by atoms with Crippen molar-refractivity contribution >= 4 is 22.8 Å². The lowest BCUT2D eigenvalue weighted by Gasteiger charge is -2.07. The van der Waals surface area contributed by atoms with E-state index >= 15 is 0 Å². The lowest BCUT2D eigenvalue weighted by atomic mass is 10.2. The zero-order valence-electron chi connectivity index (χ0n) is 14.0. The predicted molar refractivity (Wildman–Crippen MR) is 98.8 cm³/mol. The van der Waals surface area contributed by atoms with Gasteiger partial charge in [-0.2, -0.15) is 10.2 Å². The van der Waals surface area contributed by atoms with Crippen LogP contribution >= 0.6 is 11.3 Å². The number of aromatic nitrogens is 4. The van der Waals surface area contributed by atoms with Crippen molar-refractivity contribution in [3.8, 4) is 10.6 Å². The molecule has 0 fully saturated rings. The number of carbonyl (C=O) groups excluding carboxylic acids is 1. The summed E-state index contributed by atoms with van der Waals surface area (Å²) in [4.78, 5) is 25.6. The topological polar surface area (TPSA) is 81.3 Å². The molecule has 0 spiro atoms. The summed E-state index contributed by atoms with van der Waals surface area (Å²) in [5, 5.41) is 12.8. The number of thiophene rings is 1.